The lowest BCUT2D eigenvalue weighted by molar-refractivity contribution is 0.0690. The Morgan fingerprint density at radius 2 is 1.92 bits per heavy atom. The average molecular weight is 333 g/mol. The first kappa shape index (κ1) is 17.4. The second-order valence-electron chi connectivity index (χ2n) is 5.15. The van der Waals surface area contributed by atoms with Gasteiger partial charge in [-0.05, 0) is 18.6 Å². The topological polar surface area (TPSA) is 98.0 Å². The van der Waals surface area contributed by atoms with Gasteiger partial charge in [0.1, 0.15) is 17.2 Å². The summed E-state index contributed by atoms with van der Waals surface area (Å²) in [5.41, 5.74) is -0.319. The lowest BCUT2D eigenvalue weighted by Gasteiger charge is -2.14. The van der Waals surface area contributed by atoms with E-state index in [1.807, 2.05) is 0 Å². The van der Waals surface area contributed by atoms with Crippen LogP contribution in [-0.2, 0) is 13.0 Å². The number of pyridine rings is 1. The first-order valence-electron chi connectivity index (χ1n) is 7.32. The Kier molecular flexibility index (Phi) is 5.13. The van der Waals surface area contributed by atoms with Crippen LogP contribution in [0.2, 0.25) is 0 Å². The number of hydrogen-bond acceptors (Lipinski definition) is 5. The second kappa shape index (κ2) is 7.08. The summed E-state index contributed by atoms with van der Waals surface area (Å²) in [6, 6.07) is 5.14. The fraction of sp³-hybridized carbons (Fsp3) is 0.294. The Morgan fingerprint density at radius 3 is 2.46 bits per heavy atom. The van der Waals surface area contributed by atoms with Crippen LogP contribution in [-0.4, -0.2) is 35.0 Å². The zero-order valence-electron chi connectivity index (χ0n) is 13.7. The van der Waals surface area contributed by atoms with E-state index in [-0.39, 0.29) is 6.54 Å². The standard InChI is InChI=1S/C17H19NO6/c1-4-10-8-18(16(20)14(15(10)19)17(21)22)9-11-5-6-12(23-2)7-13(11)24-3/h5-8,19H,4,9H2,1-3H3,(H,21,22). The van der Waals surface area contributed by atoms with Crippen LogP contribution in [0, 0.1) is 0 Å². The monoisotopic (exact) mass is 333 g/mol. The molecule has 7 nitrogen and oxygen atoms in total. The van der Waals surface area contributed by atoms with E-state index in [9.17, 15) is 19.8 Å². The molecule has 0 bridgehead atoms. The molecule has 1 aromatic carbocycles. The van der Waals surface area contributed by atoms with Crippen molar-refractivity contribution in [3.63, 3.8) is 0 Å². The molecule has 7 heteroatoms. The van der Waals surface area contributed by atoms with E-state index < -0.39 is 22.8 Å². The molecular formula is C17H19NO6. The van der Waals surface area contributed by atoms with Gasteiger partial charge in [0, 0.05) is 23.4 Å². The highest BCUT2D eigenvalue weighted by Gasteiger charge is 2.21. The summed E-state index contributed by atoms with van der Waals surface area (Å²) < 4.78 is 11.7. The second-order valence-corrected chi connectivity index (χ2v) is 5.15. The third kappa shape index (κ3) is 3.19. The smallest absolute Gasteiger partial charge is 0.345 e. The molecule has 0 unspecified atom stereocenters. The Hall–Kier alpha value is -2.96. The molecule has 0 saturated heterocycles. The maximum Gasteiger partial charge on any atom is 0.345 e. The lowest BCUT2D eigenvalue weighted by atomic mass is 10.1. The number of ether oxygens (including phenoxy) is 2. The summed E-state index contributed by atoms with van der Waals surface area (Å²) in [4.78, 5) is 23.7. The normalized spacial score (nSPS) is 10.5. The lowest BCUT2D eigenvalue weighted by Crippen LogP contribution is -2.27. The minimum absolute atomic E-state index is 0.111. The number of carbonyl (C=O) groups is 1. The van der Waals surface area contributed by atoms with Crippen LogP contribution in [0.1, 0.15) is 28.4 Å². The predicted octanol–water partition coefficient (Wildman–Crippen LogP) is 1.88. The van der Waals surface area contributed by atoms with Crippen molar-refractivity contribution in [2.24, 2.45) is 0 Å². The SMILES string of the molecule is CCc1cn(Cc2ccc(OC)cc2OC)c(=O)c(C(=O)O)c1O. The van der Waals surface area contributed by atoms with Crippen molar-refractivity contribution in [1.82, 2.24) is 4.57 Å². The summed E-state index contributed by atoms with van der Waals surface area (Å²) in [5.74, 6) is -0.811. The Labute approximate surface area is 138 Å². The molecule has 0 aliphatic carbocycles. The van der Waals surface area contributed by atoms with Gasteiger partial charge in [0.05, 0.1) is 20.8 Å². The minimum Gasteiger partial charge on any atom is -0.506 e. The van der Waals surface area contributed by atoms with Crippen LogP contribution < -0.4 is 15.0 Å². The van der Waals surface area contributed by atoms with Gasteiger partial charge >= 0.3 is 5.97 Å². The van der Waals surface area contributed by atoms with Crippen molar-refractivity contribution in [2.45, 2.75) is 19.9 Å². The molecular weight excluding hydrogens is 314 g/mol. The molecule has 1 aromatic heterocycles. The van der Waals surface area contributed by atoms with Crippen LogP contribution in [0.5, 0.6) is 17.2 Å². The van der Waals surface area contributed by atoms with E-state index in [2.05, 4.69) is 0 Å². The Morgan fingerprint density at radius 1 is 1.21 bits per heavy atom. The molecule has 2 aromatic rings. The number of carboxylic acids is 1. The van der Waals surface area contributed by atoms with Gasteiger partial charge in [-0.15, -0.1) is 0 Å². The predicted molar refractivity (Wildman–Crippen MR) is 87.4 cm³/mol. The minimum atomic E-state index is -1.46. The zero-order chi connectivity index (χ0) is 17.9. The zero-order valence-corrected chi connectivity index (χ0v) is 13.7. The maximum atomic E-state index is 12.4. The summed E-state index contributed by atoms with van der Waals surface area (Å²) in [7, 11) is 3.03. The molecule has 0 aliphatic rings. The van der Waals surface area contributed by atoms with E-state index in [0.29, 0.717) is 29.0 Å². The molecule has 128 valence electrons. The van der Waals surface area contributed by atoms with Gasteiger partial charge in [0.25, 0.3) is 5.56 Å². The van der Waals surface area contributed by atoms with Crippen molar-refractivity contribution in [3.8, 4) is 17.2 Å². The number of methoxy groups -OCH3 is 2. The molecule has 0 atom stereocenters. The van der Waals surface area contributed by atoms with Gasteiger partial charge in [0.15, 0.2) is 5.56 Å². The van der Waals surface area contributed by atoms with Gasteiger partial charge < -0.3 is 24.3 Å². The molecule has 24 heavy (non-hydrogen) atoms. The first-order valence-corrected chi connectivity index (χ1v) is 7.32. The maximum absolute atomic E-state index is 12.4. The van der Waals surface area contributed by atoms with E-state index in [0.717, 1.165) is 0 Å². The van der Waals surface area contributed by atoms with Gasteiger partial charge in [-0.1, -0.05) is 6.92 Å². The van der Waals surface area contributed by atoms with Gasteiger partial charge in [-0.3, -0.25) is 4.79 Å². The number of aryl methyl sites for hydroxylation is 1. The molecule has 1 heterocycles. The molecule has 0 radical (unpaired) electrons. The molecule has 2 N–H and O–H groups in total. The number of aromatic hydroxyl groups is 1. The molecule has 0 aliphatic heterocycles. The van der Waals surface area contributed by atoms with Crippen LogP contribution in [0.4, 0.5) is 0 Å². The van der Waals surface area contributed by atoms with Crippen molar-refractivity contribution >= 4 is 5.97 Å². The Bertz CT molecular complexity index is 825. The van der Waals surface area contributed by atoms with Crippen LogP contribution in [0.15, 0.2) is 29.2 Å². The quantitative estimate of drug-likeness (QED) is 0.837. The van der Waals surface area contributed by atoms with Gasteiger partial charge in [-0.25, -0.2) is 4.79 Å². The summed E-state index contributed by atoms with van der Waals surface area (Å²) in [6.45, 7) is 1.88. The largest absolute Gasteiger partial charge is 0.506 e. The van der Waals surface area contributed by atoms with E-state index in [4.69, 9.17) is 9.47 Å². The van der Waals surface area contributed by atoms with E-state index in [1.54, 1.807) is 25.1 Å². The van der Waals surface area contributed by atoms with Crippen molar-refractivity contribution in [1.29, 1.82) is 0 Å². The van der Waals surface area contributed by atoms with Gasteiger partial charge in [0.2, 0.25) is 0 Å². The number of aromatic carboxylic acids is 1. The van der Waals surface area contributed by atoms with Crippen LogP contribution >= 0.6 is 0 Å². The number of benzene rings is 1. The number of hydrogen-bond donors (Lipinski definition) is 2. The van der Waals surface area contributed by atoms with E-state index in [1.165, 1.54) is 25.0 Å². The third-order valence-corrected chi connectivity index (χ3v) is 3.76. The fourth-order valence-corrected chi connectivity index (χ4v) is 2.45. The van der Waals surface area contributed by atoms with Crippen molar-refractivity contribution in [2.75, 3.05) is 14.2 Å². The van der Waals surface area contributed by atoms with Gasteiger partial charge in [-0.2, -0.15) is 0 Å². The highest BCUT2D eigenvalue weighted by molar-refractivity contribution is 5.90. The number of carboxylic acid groups (broad SMARTS) is 1. The Balaban J connectivity index is 2.56. The van der Waals surface area contributed by atoms with E-state index >= 15 is 0 Å². The van der Waals surface area contributed by atoms with Crippen molar-refractivity contribution < 1.29 is 24.5 Å². The highest BCUT2D eigenvalue weighted by Crippen LogP contribution is 2.26. The molecule has 2 rings (SSSR count). The molecule has 0 spiro atoms. The van der Waals surface area contributed by atoms with Crippen LogP contribution in [0.3, 0.4) is 0 Å². The number of aromatic nitrogens is 1. The third-order valence-electron chi connectivity index (χ3n) is 3.76. The summed E-state index contributed by atoms with van der Waals surface area (Å²) in [6.07, 6.45) is 1.86. The first-order chi connectivity index (χ1) is 11.4. The average Bonchev–Trinajstić information content (AvgIpc) is 2.57. The highest BCUT2D eigenvalue weighted by atomic mass is 16.5. The molecule has 0 amide bonds. The fourth-order valence-electron chi connectivity index (χ4n) is 2.45. The molecule has 0 fully saturated rings. The summed E-state index contributed by atoms with van der Waals surface area (Å²) >= 11 is 0. The molecule has 0 saturated carbocycles. The number of nitrogens with zero attached hydrogens (tertiary/aromatic N) is 1. The van der Waals surface area contributed by atoms with Crippen molar-refractivity contribution in [3.05, 3.63) is 51.4 Å². The summed E-state index contributed by atoms with van der Waals surface area (Å²) in [5, 5.41) is 19.2. The number of rotatable bonds is 6. The van der Waals surface area contributed by atoms with Crippen LogP contribution in [0.25, 0.3) is 0 Å².